The van der Waals surface area contributed by atoms with Gasteiger partial charge >= 0.3 is 11.9 Å². The van der Waals surface area contributed by atoms with Gasteiger partial charge in [-0.2, -0.15) is 0 Å². The van der Waals surface area contributed by atoms with Crippen LogP contribution in [0.25, 0.3) is 0 Å². The Hall–Kier alpha value is -1.84. The number of carbonyl (C=O) groups is 2. The standard InChI is InChI=1S/C22H30O4/c1-20(2,3)15-11-13-22(14-12-15,16-9-7-6-8-10-16)17-18(23)25-21(4,5)26-19(17)24/h6-10,15,17H,11-14H2,1-5H3. The van der Waals surface area contributed by atoms with Gasteiger partial charge in [0.1, 0.15) is 0 Å². The number of rotatable bonds is 2. The molecule has 1 aromatic carbocycles. The number of cyclic esters (lactones) is 2. The summed E-state index contributed by atoms with van der Waals surface area (Å²) in [6, 6.07) is 9.95. The lowest BCUT2D eigenvalue weighted by atomic mass is 9.57. The molecule has 1 aliphatic carbocycles. The number of esters is 2. The topological polar surface area (TPSA) is 52.6 Å². The molecule has 26 heavy (non-hydrogen) atoms. The fourth-order valence-electron chi connectivity index (χ4n) is 4.68. The van der Waals surface area contributed by atoms with E-state index >= 15 is 0 Å². The molecule has 0 atom stereocenters. The van der Waals surface area contributed by atoms with Crippen molar-refractivity contribution in [3.05, 3.63) is 35.9 Å². The maximum absolute atomic E-state index is 12.9. The van der Waals surface area contributed by atoms with E-state index in [2.05, 4.69) is 20.8 Å². The van der Waals surface area contributed by atoms with Gasteiger partial charge in [-0.25, -0.2) is 0 Å². The molecule has 1 aliphatic heterocycles. The fraction of sp³-hybridized carbons (Fsp3) is 0.636. The monoisotopic (exact) mass is 358 g/mol. The average Bonchev–Trinajstić information content (AvgIpc) is 2.53. The maximum atomic E-state index is 12.9. The molecule has 2 aliphatic rings. The van der Waals surface area contributed by atoms with Crippen LogP contribution >= 0.6 is 0 Å². The molecule has 4 nitrogen and oxygen atoms in total. The molecule has 0 amide bonds. The molecule has 4 heteroatoms. The summed E-state index contributed by atoms with van der Waals surface area (Å²) in [4.78, 5) is 25.7. The molecular weight excluding hydrogens is 328 g/mol. The quantitative estimate of drug-likeness (QED) is 0.572. The molecular formula is C22H30O4. The second-order valence-corrected chi connectivity index (χ2v) is 9.34. The number of hydrogen-bond acceptors (Lipinski definition) is 4. The van der Waals surface area contributed by atoms with Gasteiger partial charge in [0, 0.05) is 19.3 Å². The van der Waals surface area contributed by atoms with Gasteiger partial charge in [-0.05, 0) is 42.6 Å². The lowest BCUT2D eigenvalue weighted by Gasteiger charge is -2.48. The summed E-state index contributed by atoms with van der Waals surface area (Å²) >= 11 is 0. The first-order valence-corrected chi connectivity index (χ1v) is 9.56. The Kier molecular flexibility index (Phi) is 4.66. The van der Waals surface area contributed by atoms with Crippen molar-refractivity contribution in [2.75, 3.05) is 0 Å². The minimum Gasteiger partial charge on any atom is -0.422 e. The summed E-state index contributed by atoms with van der Waals surface area (Å²) in [6.07, 6.45) is 3.54. The van der Waals surface area contributed by atoms with E-state index in [1.807, 2.05) is 30.3 Å². The smallest absolute Gasteiger partial charge is 0.324 e. The van der Waals surface area contributed by atoms with Crippen molar-refractivity contribution in [3.8, 4) is 0 Å². The van der Waals surface area contributed by atoms with Gasteiger partial charge in [0.2, 0.25) is 0 Å². The van der Waals surface area contributed by atoms with Crippen molar-refractivity contribution in [1.82, 2.24) is 0 Å². The zero-order valence-electron chi connectivity index (χ0n) is 16.5. The Morgan fingerprint density at radius 3 is 1.88 bits per heavy atom. The van der Waals surface area contributed by atoms with Crippen LogP contribution in [-0.2, 0) is 24.5 Å². The van der Waals surface area contributed by atoms with Gasteiger partial charge in [0.25, 0.3) is 5.79 Å². The van der Waals surface area contributed by atoms with E-state index in [0.29, 0.717) is 5.92 Å². The Balaban J connectivity index is 1.99. The third-order valence-corrected chi connectivity index (χ3v) is 6.17. The first-order chi connectivity index (χ1) is 12.1. The van der Waals surface area contributed by atoms with Crippen LogP contribution in [0, 0.1) is 17.3 Å². The van der Waals surface area contributed by atoms with Crippen LogP contribution < -0.4 is 0 Å². The van der Waals surface area contributed by atoms with Crippen molar-refractivity contribution < 1.29 is 19.1 Å². The molecule has 142 valence electrons. The SMILES string of the molecule is CC1(C)OC(=O)C(C2(c3ccccc3)CCC(C(C)(C)C)CC2)C(=O)O1. The Bertz CT molecular complexity index is 656. The molecule has 0 N–H and O–H groups in total. The van der Waals surface area contributed by atoms with Crippen molar-refractivity contribution in [1.29, 1.82) is 0 Å². The van der Waals surface area contributed by atoms with Crippen LogP contribution in [0.15, 0.2) is 30.3 Å². The lowest BCUT2D eigenvalue weighted by molar-refractivity contribution is -0.244. The van der Waals surface area contributed by atoms with Crippen LogP contribution in [0.3, 0.4) is 0 Å². The van der Waals surface area contributed by atoms with E-state index in [-0.39, 0.29) is 5.41 Å². The molecule has 1 aromatic rings. The summed E-state index contributed by atoms with van der Waals surface area (Å²) in [7, 11) is 0. The molecule has 2 fully saturated rings. The van der Waals surface area contributed by atoms with Crippen LogP contribution in [0.2, 0.25) is 0 Å². The van der Waals surface area contributed by atoms with Crippen LogP contribution in [0.1, 0.15) is 65.9 Å². The van der Waals surface area contributed by atoms with Crippen molar-refractivity contribution in [3.63, 3.8) is 0 Å². The minimum atomic E-state index is -1.19. The van der Waals surface area contributed by atoms with Crippen LogP contribution in [0.5, 0.6) is 0 Å². The second kappa shape index (κ2) is 6.40. The van der Waals surface area contributed by atoms with Crippen molar-refractivity contribution >= 4 is 11.9 Å². The van der Waals surface area contributed by atoms with E-state index < -0.39 is 29.1 Å². The molecule has 0 spiro atoms. The number of benzene rings is 1. The third-order valence-electron chi connectivity index (χ3n) is 6.17. The van der Waals surface area contributed by atoms with Gasteiger partial charge in [-0.3, -0.25) is 9.59 Å². The summed E-state index contributed by atoms with van der Waals surface area (Å²) in [5.41, 5.74) is 0.706. The van der Waals surface area contributed by atoms with Crippen LogP contribution in [-0.4, -0.2) is 17.7 Å². The molecule has 1 saturated heterocycles. The summed E-state index contributed by atoms with van der Waals surface area (Å²) in [6.45, 7) is 9.99. The molecule has 0 unspecified atom stereocenters. The second-order valence-electron chi connectivity index (χ2n) is 9.34. The molecule has 3 rings (SSSR count). The average molecular weight is 358 g/mol. The minimum absolute atomic E-state index is 0.221. The van der Waals surface area contributed by atoms with Crippen LogP contribution in [0.4, 0.5) is 0 Å². The highest BCUT2D eigenvalue weighted by molar-refractivity contribution is 5.98. The molecule has 1 saturated carbocycles. The summed E-state index contributed by atoms with van der Waals surface area (Å²) in [5.74, 6) is -2.41. The molecule has 0 aromatic heterocycles. The van der Waals surface area contributed by atoms with Gasteiger partial charge in [0.05, 0.1) is 0 Å². The van der Waals surface area contributed by atoms with Gasteiger partial charge < -0.3 is 9.47 Å². The highest BCUT2D eigenvalue weighted by Crippen LogP contribution is 2.52. The summed E-state index contributed by atoms with van der Waals surface area (Å²) < 4.78 is 10.9. The van der Waals surface area contributed by atoms with E-state index in [1.54, 1.807) is 13.8 Å². The Morgan fingerprint density at radius 2 is 1.42 bits per heavy atom. The highest BCUT2D eigenvalue weighted by Gasteiger charge is 2.56. The Morgan fingerprint density at radius 1 is 0.923 bits per heavy atom. The molecule has 0 bridgehead atoms. The van der Waals surface area contributed by atoms with E-state index in [9.17, 15) is 9.59 Å². The number of ether oxygens (including phenoxy) is 2. The molecule has 1 heterocycles. The predicted octanol–water partition coefficient (Wildman–Crippen LogP) is 4.61. The fourth-order valence-corrected chi connectivity index (χ4v) is 4.68. The first-order valence-electron chi connectivity index (χ1n) is 9.56. The number of carbonyl (C=O) groups excluding carboxylic acids is 2. The van der Waals surface area contributed by atoms with E-state index in [0.717, 1.165) is 31.2 Å². The molecule has 0 radical (unpaired) electrons. The third kappa shape index (κ3) is 3.38. The van der Waals surface area contributed by atoms with Gasteiger partial charge in [-0.1, -0.05) is 51.1 Å². The lowest BCUT2D eigenvalue weighted by Crippen LogP contribution is -2.55. The largest absolute Gasteiger partial charge is 0.422 e. The van der Waals surface area contributed by atoms with Gasteiger partial charge in [-0.15, -0.1) is 0 Å². The number of hydrogen-bond donors (Lipinski definition) is 0. The predicted molar refractivity (Wildman–Crippen MR) is 99.3 cm³/mol. The zero-order valence-corrected chi connectivity index (χ0v) is 16.5. The first kappa shape index (κ1) is 18.9. The van der Waals surface area contributed by atoms with Gasteiger partial charge in [0.15, 0.2) is 5.92 Å². The van der Waals surface area contributed by atoms with Crippen molar-refractivity contribution in [2.45, 2.75) is 71.5 Å². The normalized spacial score (nSPS) is 29.8. The van der Waals surface area contributed by atoms with E-state index in [4.69, 9.17) is 9.47 Å². The van der Waals surface area contributed by atoms with E-state index in [1.165, 1.54) is 0 Å². The Labute approximate surface area is 156 Å². The van der Waals surface area contributed by atoms with Crippen molar-refractivity contribution in [2.24, 2.45) is 17.3 Å². The highest BCUT2D eigenvalue weighted by atomic mass is 16.7. The zero-order chi connectivity index (χ0) is 19.2. The summed E-state index contributed by atoms with van der Waals surface area (Å²) in [5, 5.41) is 0. The maximum Gasteiger partial charge on any atom is 0.324 e.